The Hall–Kier alpha value is -2.45. The topological polar surface area (TPSA) is 87.3 Å². The Labute approximate surface area is 198 Å². The van der Waals surface area contributed by atoms with E-state index in [-0.39, 0.29) is 28.7 Å². The molecule has 0 radical (unpaired) electrons. The molecule has 1 unspecified atom stereocenters. The molecule has 8 heteroatoms. The summed E-state index contributed by atoms with van der Waals surface area (Å²) in [4.78, 5) is 13.0. The van der Waals surface area contributed by atoms with Crippen molar-refractivity contribution in [3.8, 4) is 0 Å². The molecule has 172 valence electrons. The summed E-state index contributed by atoms with van der Waals surface area (Å²) < 4.78 is 28.1. The molecular formula is C25H26ClN3O3S. The highest BCUT2D eigenvalue weighted by Gasteiger charge is 2.44. The van der Waals surface area contributed by atoms with E-state index in [1.165, 1.54) is 0 Å². The number of carbonyl (C=O) groups excluding carboxylic acids is 1. The molecule has 3 aromatic rings. The van der Waals surface area contributed by atoms with E-state index in [0.29, 0.717) is 11.6 Å². The van der Waals surface area contributed by atoms with Crippen LogP contribution in [0.5, 0.6) is 0 Å². The largest absolute Gasteiger partial charge is 0.326 e. The van der Waals surface area contributed by atoms with Crippen LogP contribution in [-0.2, 0) is 14.8 Å². The number of amides is 1. The van der Waals surface area contributed by atoms with Gasteiger partial charge in [-0.25, -0.2) is 13.1 Å². The number of anilines is 1. The van der Waals surface area contributed by atoms with Gasteiger partial charge in [-0.15, -0.1) is 0 Å². The SMILES string of the molecule is O=C(Nc1ccc2cccc(Cl)c2c1)[C@@H]1C[C@H]1c1ccc(S(=O)(=O)NC2CCCNC2)cc1. The number of hydrogen-bond donors (Lipinski definition) is 3. The van der Waals surface area contributed by atoms with E-state index in [1.807, 2.05) is 48.5 Å². The highest BCUT2D eigenvalue weighted by molar-refractivity contribution is 7.89. The van der Waals surface area contributed by atoms with Crippen molar-refractivity contribution < 1.29 is 13.2 Å². The van der Waals surface area contributed by atoms with Crippen LogP contribution < -0.4 is 15.4 Å². The Morgan fingerprint density at radius 3 is 2.64 bits per heavy atom. The fourth-order valence-corrected chi connectivity index (χ4v) is 6.04. The summed E-state index contributed by atoms with van der Waals surface area (Å²) in [5, 5.41) is 8.78. The molecule has 1 heterocycles. The van der Waals surface area contributed by atoms with Crippen LogP contribution in [0.25, 0.3) is 10.8 Å². The molecule has 1 saturated carbocycles. The van der Waals surface area contributed by atoms with E-state index in [2.05, 4.69) is 15.4 Å². The van der Waals surface area contributed by atoms with Crippen LogP contribution in [0.1, 0.15) is 30.7 Å². The Kier molecular flexibility index (Phi) is 6.14. The number of halogens is 1. The van der Waals surface area contributed by atoms with Gasteiger partial charge >= 0.3 is 0 Å². The Bertz CT molecular complexity index is 1290. The minimum absolute atomic E-state index is 0.0328. The van der Waals surface area contributed by atoms with Gasteiger partial charge in [-0.3, -0.25) is 4.79 Å². The van der Waals surface area contributed by atoms with Gasteiger partial charge in [0.1, 0.15) is 0 Å². The van der Waals surface area contributed by atoms with E-state index < -0.39 is 10.0 Å². The van der Waals surface area contributed by atoms with Crippen LogP contribution in [0.3, 0.4) is 0 Å². The maximum Gasteiger partial charge on any atom is 0.240 e. The summed E-state index contributed by atoms with van der Waals surface area (Å²) in [5.74, 6) is -0.0586. The molecule has 1 aliphatic heterocycles. The summed E-state index contributed by atoms with van der Waals surface area (Å²) >= 11 is 6.28. The predicted octanol–water partition coefficient (Wildman–Crippen LogP) is 4.27. The predicted molar refractivity (Wildman–Crippen MR) is 131 cm³/mol. The van der Waals surface area contributed by atoms with E-state index in [0.717, 1.165) is 47.8 Å². The summed E-state index contributed by atoms with van der Waals surface area (Å²) in [5.41, 5.74) is 1.70. The lowest BCUT2D eigenvalue weighted by molar-refractivity contribution is -0.117. The third-order valence-electron chi connectivity index (χ3n) is 6.46. The minimum atomic E-state index is -3.55. The molecule has 5 rings (SSSR count). The van der Waals surface area contributed by atoms with Crippen molar-refractivity contribution in [1.29, 1.82) is 0 Å². The van der Waals surface area contributed by atoms with Crippen LogP contribution in [0, 0.1) is 5.92 Å². The van der Waals surface area contributed by atoms with Gasteiger partial charge in [-0.1, -0.05) is 41.9 Å². The second kappa shape index (κ2) is 9.06. The second-order valence-corrected chi connectivity index (χ2v) is 11.0. The zero-order chi connectivity index (χ0) is 23.0. The van der Waals surface area contributed by atoms with Gasteiger partial charge in [0.25, 0.3) is 0 Å². The third kappa shape index (κ3) is 4.92. The highest BCUT2D eigenvalue weighted by atomic mass is 35.5. The van der Waals surface area contributed by atoms with Crippen molar-refractivity contribution in [1.82, 2.24) is 10.0 Å². The third-order valence-corrected chi connectivity index (χ3v) is 8.33. The molecule has 1 aliphatic carbocycles. The first kappa shape index (κ1) is 22.3. The summed E-state index contributed by atoms with van der Waals surface area (Å²) in [6.07, 6.45) is 2.55. The summed E-state index contributed by atoms with van der Waals surface area (Å²) in [7, 11) is -3.55. The van der Waals surface area contributed by atoms with Gasteiger partial charge in [0.05, 0.1) is 4.90 Å². The second-order valence-electron chi connectivity index (χ2n) is 8.85. The molecule has 0 spiro atoms. The first-order chi connectivity index (χ1) is 15.9. The molecule has 3 atom stereocenters. The Morgan fingerprint density at radius 1 is 1.06 bits per heavy atom. The summed E-state index contributed by atoms with van der Waals surface area (Å²) in [6.45, 7) is 1.58. The average molecular weight is 484 g/mol. The van der Waals surface area contributed by atoms with Gasteiger partial charge < -0.3 is 10.6 Å². The van der Waals surface area contributed by atoms with E-state index in [1.54, 1.807) is 12.1 Å². The van der Waals surface area contributed by atoms with Crippen LogP contribution in [0.4, 0.5) is 5.69 Å². The van der Waals surface area contributed by atoms with Gasteiger partial charge in [0, 0.05) is 34.6 Å². The molecule has 2 aliphatic rings. The van der Waals surface area contributed by atoms with Crippen LogP contribution in [0.15, 0.2) is 65.6 Å². The zero-order valence-electron chi connectivity index (χ0n) is 18.1. The number of fused-ring (bicyclic) bond motifs is 1. The quantitative estimate of drug-likeness (QED) is 0.488. The number of nitrogens with one attached hydrogen (secondary N) is 3. The smallest absolute Gasteiger partial charge is 0.240 e. The monoisotopic (exact) mass is 483 g/mol. The van der Waals surface area contributed by atoms with Crippen molar-refractivity contribution in [2.45, 2.75) is 36.1 Å². The number of carbonyl (C=O) groups is 1. The summed E-state index contributed by atoms with van der Waals surface area (Å²) in [6, 6.07) is 18.2. The lowest BCUT2D eigenvalue weighted by Crippen LogP contribution is -2.45. The molecule has 0 bridgehead atoms. The zero-order valence-corrected chi connectivity index (χ0v) is 19.6. The van der Waals surface area contributed by atoms with Crippen LogP contribution >= 0.6 is 11.6 Å². The fraction of sp³-hybridized carbons (Fsp3) is 0.320. The standard InChI is InChI=1S/C25H26ClN3O3S/c26-24-5-1-3-16-6-9-18(13-22(16)24)28-25(30)23-14-21(23)17-7-10-20(11-8-17)33(31,32)29-19-4-2-12-27-15-19/h1,3,5-11,13,19,21,23,27,29H,2,4,12,14-15H2,(H,28,30)/t19?,21-,23+/m0/s1. The molecule has 3 N–H and O–H groups in total. The number of sulfonamides is 1. The normalized spacial score (nSPS) is 22.8. The van der Waals surface area contributed by atoms with Crippen molar-refractivity contribution in [3.63, 3.8) is 0 Å². The maximum absolute atomic E-state index is 12.8. The van der Waals surface area contributed by atoms with Crippen molar-refractivity contribution in [2.75, 3.05) is 18.4 Å². The molecule has 6 nitrogen and oxygen atoms in total. The lowest BCUT2D eigenvalue weighted by atomic mass is 10.1. The number of benzene rings is 3. The maximum atomic E-state index is 12.8. The van der Waals surface area contributed by atoms with Crippen LogP contribution in [-0.4, -0.2) is 33.5 Å². The Morgan fingerprint density at radius 2 is 1.88 bits per heavy atom. The van der Waals surface area contributed by atoms with Crippen molar-refractivity contribution in [3.05, 3.63) is 71.2 Å². The molecule has 0 aromatic heterocycles. The first-order valence-electron chi connectivity index (χ1n) is 11.2. The number of hydrogen-bond acceptors (Lipinski definition) is 4. The molecule has 1 saturated heterocycles. The van der Waals surface area contributed by atoms with Gasteiger partial charge in [0.15, 0.2) is 0 Å². The fourth-order valence-electron chi connectivity index (χ4n) is 4.53. The number of rotatable bonds is 6. The Balaban J connectivity index is 1.22. The highest BCUT2D eigenvalue weighted by Crippen LogP contribution is 2.48. The van der Waals surface area contributed by atoms with Crippen molar-refractivity contribution >= 4 is 44.0 Å². The molecule has 1 amide bonds. The first-order valence-corrected chi connectivity index (χ1v) is 13.1. The average Bonchev–Trinajstić information content (AvgIpc) is 3.61. The van der Waals surface area contributed by atoms with E-state index in [4.69, 9.17) is 11.6 Å². The van der Waals surface area contributed by atoms with Gasteiger partial charge in [-0.05, 0) is 73.0 Å². The molecule has 33 heavy (non-hydrogen) atoms. The molecule has 2 fully saturated rings. The lowest BCUT2D eigenvalue weighted by Gasteiger charge is -2.23. The molecule has 3 aromatic carbocycles. The van der Waals surface area contributed by atoms with E-state index in [9.17, 15) is 13.2 Å². The molecular weight excluding hydrogens is 458 g/mol. The van der Waals surface area contributed by atoms with E-state index >= 15 is 0 Å². The van der Waals surface area contributed by atoms with Gasteiger partial charge in [-0.2, -0.15) is 0 Å². The van der Waals surface area contributed by atoms with Crippen LogP contribution in [0.2, 0.25) is 5.02 Å². The van der Waals surface area contributed by atoms with Crippen molar-refractivity contribution in [2.24, 2.45) is 5.92 Å². The number of piperidine rings is 1. The van der Waals surface area contributed by atoms with Gasteiger partial charge in [0.2, 0.25) is 15.9 Å². The minimum Gasteiger partial charge on any atom is -0.326 e.